The fraction of sp³-hybridized carbons (Fsp3) is 0.250. The summed E-state index contributed by atoms with van der Waals surface area (Å²) >= 11 is 0. The summed E-state index contributed by atoms with van der Waals surface area (Å²) in [6, 6.07) is 17.4. The number of fused-ring (bicyclic) bond motifs is 1. The lowest BCUT2D eigenvalue weighted by molar-refractivity contribution is 0.104. The number of pyridine rings is 1. The van der Waals surface area contributed by atoms with E-state index in [1.54, 1.807) is 18.2 Å². The summed E-state index contributed by atoms with van der Waals surface area (Å²) in [6.45, 7) is 5.49. The number of anilines is 1. The first-order valence-electron chi connectivity index (χ1n) is 9.92. The summed E-state index contributed by atoms with van der Waals surface area (Å²) in [7, 11) is 0. The average molecular weight is 388 g/mol. The van der Waals surface area contributed by atoms with E-state index in [0.29, 0.717) is 25.4 Å². The SMILES string of the molecule is CCOc1ccc(C(=O)C=Cc2cc3ccccc3nc2N2CCOCC2)cc1. The number of benzene rings is 2. The molecule has 0 saturated carbocycles. The molecule has 5 nitrogen and oxygen atoms in total. The lowest BCUT2D eigenvalue weighted by Crippen LogP contribution is -2.37. The van der Waals surface area contributed by atoms with Crippen molar-refractivity contribution in [3.63, 3.8) is 0 Å². The summed E-state index contributed by atoms with van der Waals surface area (Å²) < 4.78 is 10.9. The van der Waals surface area contributed by atoms with Crippen LogP contribution in [0.5, 0.6) is 5.75 Å². The molecule has 0 amide bonds. The first-order chi connectivity index (χ1) is 14.2. The predicted molar refractivity (Wildman–Crippen MR) is 116 cm³/mol. The second-order valence-corrected chi connectivity index (χ2v) is 6.85. The lowest BCUT2D eigenvalue weighted by atomic mass is 10.1. The number of aromatic nitrogens is 1. The minimum Gasteiger partial charge on any atom is -0.494 e. The first kappa shape index (κ1) is 19.2. The molecule has 5 heteroatoms. The van der Waals surface area contributed by atoms with E-state index in [9.17, 15) is 4.79 Å². The third-order valence-electron chi connectivity index (χ3n) is 4.91. The van der Waals surface area contributed by atoms with Crippen molar-refractivity contribution in [2.24, 2.45) is 0 Å². The number of rotatable bonds is 6. The van der Waals surface area contributed by atoms with Gasteiger partial charge in [0.1, 0.15) is 11.6 Å². The Morgan fingerprint density at radius 3 is 2.66 bits per heavy atom. The van der Waals surface area contributed by atoms with E-state index in [1.807, 2.05) is 49.4 Å². The van der Waals surface area contributed by atoms with E-state index in [0.717, 1.165) is 41.1 Å². The molecule has 29 heavy (non-hydrogen) atoms. The van der Waals surface area contributed by atoms with Crippen LogP contribution in [0.15, 0.2) is 60.7 Å². The number of hydrogen-bond acceptors (Lipinski definition) is 5. The van der Waals surface area contributed by atoms with Gasteiger partial charge in [-0.2, -0.15) is 0 Å². The molecule has 4 rings (SSSR count). The maximum Gasteiger partial charge on any atom is 0.185 e. The van der Waals surface area contributed by atoms with Crippen LogP contribution in [0.25, 0.3) is 17.0 Å². The number of carbonyl (C=O) groups excluding carboxylic acids is 1. The highest BCUT2D eigenvalue weighted by atomic mass is 16.5. The van der Waals surface area contributed by atoms with Gasteiger partial charge in [0, 0.05) is 29.6 Å². The Balaban J connectivity index is 1.63. The quantitative estimate of drug-likeness (QED) is 0.464. The summed E-state index contributed by atoms with van der Waals surface area (Å²) in [4.78, 5) is 19.7. The molecule has 0 unspecified atom stereocenters. The number of allylic oxidation sites excluding steroid dienone is 1. The molecule has 1 aromatic heterocycles. The molecule has 0 atom stereocenters. The number of nitrogens with zero attached hydrogens (tertiary/aromatic N) is 2. The summed E-state index contributed by atoms with van der Waals surface area (Å²) in [5.74, 6) is 1.61. The topological polar surface area (TPSA) is 51.7 Å². The first-order valence-corrected chi connectivity index (χ1v) is 9.92. The minimum absolute atomic E-state index is 0.0471. The van der Waals surface area contributed by atoms with E-state index in [2.05, 4.69) is 11.0 Å². The second kappa shape index (κ2) is 8.88. The molecule has 0 radical (unpaired) electrons. The van der Waals surface area contributed by atoms with Crippen molar-refractivity contribution >= 4 is 28.6 Å². The van der Waals surface area contributed by atoms with Crippen LogP contribution in [0, 0.1) is 0 Å². The van der Waals surface area contributed by atoms with E-state index in [1.165, 1.54) is 0 Å². The van der Waals surface area contributed by atoms with Gasteiger partial charge in [-0.05, 0) is 55.5 Å². The van der Waals surface area contributed by atoms with E-state index < -0.39 is 0 Å². The number of para-hydroxylation sites is 1. The lowest BCUT2D eigenvalue weighted by Gasteiger charge is -2.29. The van der Waals surface area contributed by atoms with E-state index in [4.69, 9.17) is 14.5 Å². The maximum atomic E-state index is 12.7. The molecule has 2 aromatic carbocycles. The zero-order valence-corrected chi connectivity index (χ0v) is 16.5. The van der Waals surface area contributed by atoms with Gasteiger partial charge in [0.2, 0.25) is 0 Å². The van der Waals surface area contributed by atoms with Gasteiger partial charge in [0.05, 0.1) is 25.3 Å². The van der Waals surface area contributed by atoms with Crippen molar-refractivity contribution in [2.75, 3.05) is 37.8 Å². The average Bonchev–Trinajstić information content (AvgIpc) is 2.78. The summed E-state index contributed by atoms with van der Waals surface area (Å²) in [5.41, 5.74) is 2.51. The van der Waals surface area contributed by atoms with Gasteiger partial charge in [0.15, 0.2) is 5.78 Å². The zero-order valence-electron chi connectivity index (χ0n) is 16.5. The second-order valence-electron chi connectivity index (χ2n) is 6.85. The normalized spacial score (nSPS) is 14.4. The molecule has 0 bridgehead atoms. The smallest absolute Gasteiger partial charge is 0.185 e. The Labute approximate surface area is 170 Å². The molecule has 0 N–H and O–H groups in total. The molecule has 3 aromatic rings. The van der Waals surface area contributed by atoms with Crippen LogP contribution < -0.4 is 9.64 Å². The highest BCUT2D eigenvalue weighted by Crippen LogP contribution is 2.26. The van der Waals surface area contributed by atoms with Crippen molar-refractivity contribution < 1.29 is 14.3 Å². The fourth-order valence-electron chi connectivity index (χ4n) is 3.42. The number of ether oxygens (including phenoxy) is 2. The van der Waals surface area contributed by atoms with Crippen LogP contribution in [0.2, 0.25) is 0 Å². The van der Waals surface area contributed by atoms with Crippen molar-refractivity contribution in [3.05, 3.63) is 71.8 Å². The van der Waals surface area contributed by atoms with Crippen molar-refractivity contribution in [3.8, 4) is 5.75 Å². The molecule has 1 fully saturated rings. The van der Waals surface area contributed by atoms with Crippen LogP contribution >= 0.6 is 0 Å². The Morgan fingerprint density at radius 1 is 1.14 bits per heavy atom. The third kappa shape index (κ3) is 4.46. The highest BCUT2D eigenvalue weighted by Gasteiger charge is 2.16. The van der Waals surface area contributed by atoms with Gasteiger partial charge in [0.25, 0.3) is 0 Å². The summed E-state index contributed by atoms with van der Waals surface area (Å²) in [6.07, 6.45) is 3.48. The Kier molecular flexibility index (Phi) is 5.86. The van der Waals surface area contributed by atoms with Crippen LogP contribution in [0.4, 0.5) is 5.82 Å². The predicted octanol–water partition coefficient (Wildman–Crippen LogP) is 4.37. The van der Waals surface area contributed by atoms with Crippen LogP contribution in [-0.4, -0.2) is 43.7 Å². The van der Waals surface area contributed by atoms with Crippen LogP contribution in [0.3, 0.4) is 0 Å². The maximum absolute atomic E-state index is 12.7. The van der Waals surface area contributed by atoms with Crippen molar-refractivity contribution in [1.82, 2.24) is 4.98 Å². The fourth-order valence-corrected chi connectivity index (χ4v) is 3.42. The van der Waals surface area contributed by atoms with Gasteiger partial charge in [-0.3, -0.25) is 4.79 Å². The molecular formula is C24H24N2O3. The Bertz CT molecular complexity index is 1020. The number of carbonyl (C=O) groups is 1. The molecule has 1 saturated heterocycles. The number of morpholine rings is 1. The van der Waals surface area contributed by atoms with Crippen LogP contribution in [0.1, 0.15) is 22.8 Å². The summed E-state index contributed by atoms with van der Waals surface area (Å²) in [5, 5.41) is 1.05. The molecule has 1 aliphatic heterocycles. The Morgan fingerprint density at radius 2 is 1.90 bits per heavy atom. The van der Waals surface area contributed by atoms with Crippen LogP contribution in [-0.2, 0) is 4.74 Å². The highest BCUT2D eigenvalue weighted by molar-refractivity contribution is 6.07. The van der Waals surface area contributed by atoms with E-state index >= 15 is 0 Å². The van der Waals surface area contributed by atoms with E-state index in [-0.39, 0.29) is 5.78 Å². The number of ketones is 1. The largest absolute Gasteiger partial charge is 0.494 e. The van der Waals surface area contributed by atoms with Gasteiger partial charge in [-0.1, -0.05) is 18.2 Å². The molecule has 2 heterocycles. The standard InChI is InChI=1S/C24H24N2O3/c1-2-29-21-10-7-18(8-11-21)23(27)12-9-20-17-19-5-3-4-6-22(19)25-24(20)26-13-15-28-16-14-26/h3-12,17H,2,13-16H2,1H3. The monoisotopic (exact) mass is 388 g/mol. The van der Waals surface area contributed by atoms with Gasteiger partial charge >= 0.3 is 0 Å². The Hall–Kier alpha value is -3.18. The third-order valence-corrected chi connectivity index (χ3v) is 4.91. The molecular weight excluding hydrogens is 364 g/mol. The minimum atomic E-state index is -0.0471. The number of hydrogen-bond donors (Lipinski definition) is 0. The van der Waals surface area contributed by atoms with Crippen molar-refractivity contribution in [2.45, 2.75) is 6.92 Å². The van der Waals surface area contributed by atoms with Gasteiger partial charge < -0.3 is 14.4 Å². The zero-order chi connectivity index (χ0) is 20.1. The van der Waals surface area contributed by atoms with Gasteiger partial charge in [-0.15, -0.1) is 0 Å². The van der Waals surface area contributed by atoms with Gasteiger partial charge in [-0.25, -0.2) is 4.98 Å². The van der Waals surface area contributed by atoms with Crippen molar-refractivity contribution in [1.29, 1.82) is 0 Å². The molecule has 148 valence electrons. The molecule has 0 aliphatic carbocycles. The molecule has 0 spiro atoms. The molecule has 1 aliphatic rings.